The van der Waals surface area contributed by atoms with Crippen LogP contribution >= 0.6 is 11.6 Å². The number of nitrogens with zero attached hydrogens (tertiary/aromatic N) is 1. The Morgan fingerprint density at radius 1 is 1.08 bits per heavy atom. The van der Waals surface area contributed by atoms with E-state index in [0.717, 1.165) is 41.0 Å². The van der Waals surface area contributed by atoms with Gasteiger partial charge in [-0.05, 0) is 41.8 Å². The average molecular weight is 346 g/mol. The second-order valence-electron chi connectivity index (χ2n) is 5.42. The fourth-order valence-electron chi connectivity index (χ4n) is 2.48. The molecule has 3 rings (SSSR count). The summed E-state index contributed by atoms with van der Waals surface area (Å²) in [6, 6.07) is 13.8. The van der Waals surface area contributed by atoms with Gasteiger partial charge in [-0.25, -0.2) is 0 Å². The number of guanidine groups is 1. The number of aliphatic imine (C=N–C) groups is 1. The van der Waals surface area contributed by atoms with Crippen molar-refractivity contribution >= 4 is 17.6 Å². The minimum atomic E-state index is 0.303. The first kappa shape index (κ1) is 16.5. The largest absolute Gasteiger partial charge is 0.454 e. The Kier molecular flexibility index (Phi) is 5.43. The smallest absolute Gasteiger partial charge is 0.231 e. The first-order valence-corrected chi connectivity index (χ1v) is 8.20. The third-order valence-corrected chi connectivity index (χ3v) is 3.95. The number of hydrogen-bond acceptors (Lipinski definition) is 3. The van der Waals surface area contributed by atoms with Crippen molar-refractivity contribution in [1.82, 2.24) is 10.6 Å². The summed E-state index contributed by atoms with van der Waals surface area (Å²) in [4.78, 5) is 4.23. The molecule has 6 heteroatoms. The van der Waals surface area contributed by atoms with Crippen LogP contribution in [0.2, 0.25) is 5.02 Å². The summed E-state index contributed by atoms with van der Waals surface area (Å²) < 4.78 is 10.7. The Morgan fingerprint density at radius 2 is 1.96 bits per heavy atom. The van der Waals surface area contributed by atoms with Gasteiger partial charge >= 0.3 is 0 Å². The Morgan fingerprint density at radius 3 is 2.79 bits per heavy atom. The zero-order chi connectivity index (χ0) is 16.8. The number of nitrogens with one attached hydrogen (secondary N) is 2. The van der Waals surface area contributed by atoms with E-state index in [-0.39, 0.29) is 0 Å². The van der Waals surface area contributed by atoms with Crippen LogP contribution in [0, 0.1) is 0 Å². The predicted octanol–water partition coefficient (Wildman–Crippen LogP) is 2.98. The van der Waals surface area contributed by atoms with Gasteiger partial charge in [0.1, 0.15) is 0 Å². The number of benzene rings is 2. The lowest BCUT2D eigenvalue weighted by molar-refractivity contribution is 0.174. The minimum absolute atomic E-state index is 0.303. The van der Waals surface area contributed by atoms with Gasteiger partial charge in [0.05, 0.1) is 0 Å². The van der Waals surface area contributed by atoms with Gasteiger partial charge in [0.2, 0.25) is 6.79 Å². The second-order valence-corrected chi connectivity index (χ2v) is 5.86. The lowest BCUT2D eigenvalue weighted by Crippen LogP contribution is -2.37. The lowest BCUT2D eigenvalue weighted by atomic mass is 10.1. The molecule has 2 aromatic rings. The van der Waals surface area contributed by atoms with Crippen LogP contribution in [0.5, 0.6) is 11.5 Å². The summed E-state index contributed by atoms with van der Waals surface area (Å²) in [6.07, 6.45) is 0.870. The molecule has 0 fully saturated rings. The van der Waals surface area contributed by atoms with Crippen molar-refractivity contribution in [2.24, 2.45) is 4.99 Å². The van der Waals surface area contributed by atoms with Gasteiger partial charge in [-0.15, -0.1) is 0 Å². The van der Waals surface area contributed by atoms with E-state index in [1.165, 1.54) is 5.56 Å². The highest BCUT2D eigenvalue weighted by atomic mass is 35.5. The molecule has 1 heterocycles. The number of hydrogen-bond donors (Lipinski definition) is 2. The molecular weight excluding hydrogens is 326 g/mol. The lowest BCUT2D eigenvalue weighted by Gasteiger charge is -2.12. The first-order chi connectivity index (χ1) is 11.7. The van der Waals surface area contributed by atoms with Crippen LogP contribution in [-0.4, -0.2) is 26.3 Å². The SMILES string of the molecule is CN=C(NCCc1ccc2c(c1)OCO2)NCc1cccc(Cl)c1. The monoisotopic (exact) mass is 345 g/mol. The maximum Gasteiger partial charge on any atom is 0.231 e. The number of halogens is 1. The number of fused-ring (bicyclic) bond motifs is 1. The molecule has 24 heavy (non-hydrogen) atoms. The predicted molar refractivity (Wildman–Crippen MR) is 95.9 cm³/mol. The van der Waals surface area contributed by atoms with Crippen LogP contribution in [0.1, 0.15) is 11.1 Å². The van der Waals surface area contributed by atoms with Gasteiger partial charge in [0, 0.05) is 25.2 Å². The van der Waals surface area contributed by atoms with E-state index < -0.39 is 0 Å². The van der Waals surface area contributed by atoms with Gasteiger partial charge < -0.3 is 20.1 Å². The highest BCUT2D eigenvalue weighted by molar-refractivity contribution is 6.30. The van der Waals surface area contributed by atoms with Crippen molar-refractivity contribution in [2.45, 2.75) is 13.0 Å². The Balaban J connectivity index is 1.46. The molecule has 0 spiro atoms. The van der Waals surface area contributed by atoms with Crippen molar-refractivity contribution in [3.63, 3.8) is 0 Å². The standard InChI is InChI=1S/C18H20ClN3O2/c1-20-18(22-11-14-3-2-4-15(19)9-14)21-8-7-13-5-6-16-17(10-13)24-12-23-16/h2-6,9-10H,7-8,11-12H2,1H3,(H2,20,21,22). The number of ether oxygens (including phenoxy) is 2. The molecule has 0 saturated carbocycles. The maximum absolute atomic E-state index is 5.99. The molecule has 1 aliphatic heterocycles. The molecule has 0 bridgehead atoms. The normalized spacial score (nSPS) is 13.0. The van der Waals surface area contributed by atoms with Crippen LogP contribution in [-0.2, 0) is 13.0 Å². The van der Waals surface area contributed by atoms with Gasteiger partial charge in [-0.3, -0.25) is 4.99 Å². The summed E-state index contributed by atoms with van der Waals surface area (Å²) in [7, 11) is 1.76. The summed E-state index contributed by atoms with van der Waals surface area (Å²) in [6.45, 7) is 1.75. The molecule has 0 atom stereocenters. The van der Waals surface area contributed by atoms with E-state index in [1.807, 2.05) is 36.4 Å². The Labute approximate surface area is 146 Å². The van der Waals surface area contributed by atoms with Crippen molar-refractivity contribution in [2.75, 3.05) is 20.4 Å². The molecule has 126 valence electrons. The summed E-state index contributed by atoms with van der Waals surface area (Å²) in [5, 5.41) is 7.32. The highest BCUT2D eigenvalue weighted by Gasteiger charge is 2.12. The summed E-state index contributed by atoms with van der Waals surface area (Å²) in [5.74, 6) is 2.39. The summed E-state index contributed by atoms with van der Waals surface area (Å²) >= 11 is 5.99. The zero-order valence-corrected chi connectivity index (χ0v) is 14.3. The molecular formula is C18H20ClN3O2. The molecule has 2 N–H and O–H groups in total. The molecule has 2 aromatic carbocycles. The molecule has 1 aliphatic rings. The Hall–Kier alpha value is -2.40. The van der Waals surface area contributed by atoms with Gasteiger partial charge in [0.15, 0.2) is 17.5 Å². The maximum atomic E-state index is 5.99. The fraction of sp³-hybridized carbons (Fsp3) is 0.278. The molecule has 0 aliphatic carbocycles. The molecule has 0 saturated heterocycles. The third-order valence-electron chi connectivity index (χ3n) is 3.72. The average Bonchev–Trinajstić information content (AvgIpc) is 3.05. The van der Waals surface area contributed by atoms with E-state index in [4.69, 9.17) is 21.1 Å². The van der Waals surface area contributed by atoms with Crippen LogP contribution in [0.3, 0.4) is 0 Å². The van der Waals surface area contributed by atoms with Crippen molar-refractivity contribution in [3.8, 4) is 11.5 Å². The molecule has 5 nitrogen and oxygen atoms in total. The van der Waals surface area contributed by atoms with E-state index >= 15 is 0 Å². The van der Waals surface area contributed by atoms with Crippen LogP contribution < -0.4 is 20.1 Å². The topological polar surface area (TPSA) is 54.9 Å². The van der Waals surface area contributed by atoms with E-state index in [0.29, 0.717) is 13.3 Å². The van der Waals surface area contributed by atoms with Crippen molar-refractivity contribution in [3.05, 3.63) is 58.6 Å². The molecule has 0 amide bonds. The first-order valence-electron chi connectivity index (χ1n) is 7.82. The van der Waals surface area contributed by atoms with E-state index in [1.54, 1.807) is 7.05 Å². The quantitative estimate of drug-likeness (QED) is 0.646. The van der Waals surface area contributed by atoms with E-state index in [9.17, 15) is 0 Å². The van der Waals surface area contributed by atoms with Gasteiger partial charge in [0.25, 0.3) is 0 Å². The second kappa shape index (κ2) is 7.93. The summed E-state index contributed by atoms with van der Waals surface area (Å²) in [5.41, 5.74) is 2.30. The van der Waals surface area contributed by atoms with Crippen LogP contribution in [0.4, 0.5) is 0 Å². The molecule has 0 radical (unpaired) electrons. The Bertz CT molecular complexity index is 734. The van der Waals surface area contributed by atoms with Crippen molar-refractivity contribution in [1.29, 1.82) is 0 Å². The van der Waals surface area contributed by atoms with Crippen LogP contribution in [0.25, 0.3) is 0 Å². The third kappa shape index (κ3) is 4.32. The van der Waals surface area contributed by atoms with Gasteiger partial charge in [-0.2, -0.15) is 0 Å². The van der Waals surface area contributed by atoms with Crippen molar-refractivity contribution < 1.29 is 9.47 Å². The van der Waals surface area contributed by atoms with Gasteiger partial charge in [-0.1, -0.05) is 29.8 Å². The minimum Gasteiger partial charge on any atom is -0.454 e. The van der Waals surface area contributed by atoms with E-state index in [2.05, 4.69) is 21.7 Å². The molecule has 0 aromatic heterocycles. The molecule has 0 unspecified atom stereocenters. The number of rotatable bonds is 5. The fourth-order valence-corrected chi connectivity index (χ4v) is 2.69. The zero-order valence-electron chi connectivity index (χ0n) is 13.5. The van der Waals surface area contributed by atoms with Crippen LogP contribution in [0.15, 0.2) is 47.5 Å². The highest BCUT2D eigenvalue weighted by Crippen LogP contribution is 2.32.